The predicted octanol–water partition coefficient (Wildman–Crippen LogP) is 1.85. The zero-order chi connectivity index (χ0) is 17.9. The summed E-state index contributed by atoms with van der Waals surface area (Å²) in [5.41, 5.74) is 1.90. The summed E-state index contributed by atoms with van der Waals surface area (Å²) in [6, 6.07) is 10.7. The first-order valence-electron chi connectivity index (χ1n) is 6.98. The van der Waals surface area contributed by atoms with Gasteiger partial charge in [-0.2, -0.15) is 0 Å². The molecule has 0 unspecified atom stereocenters. The van der Waals surface area contributed by atoms with Gasteiger partial charge in [0.15, 0.2) is 0 Å². The Morgan fingerprint density at radius 1 is 0.958 bits per heavy atom. The van der Waals surface area contributed by atoms with E-state index in [-0.39, 0.29) is 16.4 Å². The van der Waals surface area contributed by atoms with Gasteiger partial charge in [-0.3, -0.25) is 9.59 Å². The highest BCUT2D eigenvalue weighted by atomic mass is 32.2. The van der Waals surface area contributed by atoms with E-state index in [4.69, 9.17) is 5.14 Å². The van der Waals surface area contributed by atoms with Crippen molar-refractivity contribution < 1.29 is 18.0 Å². The standard InChI is InChI=1S/C16H17N3O4S/c1-10-7-12(9-15(8-10)24(17,22)23)16(21)19-14-5-3-13(4-6-14)18-11(2)20/h3-9H,1-2H3,(H,18,20)(H,19,21)(H2,17,22,23). The highest BCUT2D eigenvalue weighted by molar-refractivity contribution is 7.89. The number of nitrogens with one attached hydrogen (secondary N) is 2. The van der Waals surface area contributed by atoms with Gasteiger partial charge in [0.05, 0.1) is 4.90 Å². The van der Waals surface area contributed by atoms with Crippen LogP contribution >= 0.6 is 0 Å². The molecule has 0 aliphatic heterocycles. The predicted molar refractivity (Wildman–Crippen MR) is 91.3 cm³/mol. The van der Waals surface area contributed by atoms with Gasteiger partial charge in [0.1, 0.15) is 0 Å². The van der Waals surface area contributed by atoms with Crippen LogP contribution in [0.4, 0.5) is 11.4 Å². The fourth-order valence-electron chi connectivity index (χ4n) is 2.09. The summed E-state index contributed by atoms with van der Waals surface area (Å²) in [4.78, 5) is 23.1. The molecule has 2 rings (SSSR count). The van der Waals surface area contributed by atoms with Crippen molar-refractivity contribution in [3.05, 3.63) is 53.6 Å². The number of hydrogen-bond acceptors (Lipinski definition) is 4. The van der Waals surface area contributed by atoms with Crippen molar-refractivity contribution in [3.8, 4) is 0 Å². The van der Waals surface area contributed by atoms with Crippen LogP contribution in [0.3, 0.4) is 0 Å². The summed E-state index contributed by atoms with van der Waals surface area (Å²) in [6.07, 6.45) is 0. The van der Waals surface area contributed by atoms with Gasteiger partial charge in [0.2, 0.25) is 15.9 Å². The minimum Gasteiger partial charge on any atom is -0.326 e. The molecule has 0 aromatic heterocycles. The van der Waals surface area contributed by atoms with Crippen molar-refractivity contribution in [1.82, 2.24) is 0 Å². The maximum absolute atomic E-state index is 12.3. The van der Waals surface area contributed by atoms with E-state index < -0.39 is 15.9 Å². The van der Waals surface area contributed by atoms with E-state index in [1.807, 2.05) is 0 Å². The first kappa shape index (κ1) is 17.6. The largest absolute Gasteiger partial charge is 0.326 e. The summed E-state index contributed by atoms with van der Waals surface area (Å²) in [7, 11) is -3.89. The number of carbonyl (C=O) groups excluding carboxylic acids is 2. The van der Waals surface area contributed by atoms with Gasteiger partial charge in [-0.15, -0.1) is 0 Å². The summed E-state index contributed by atoms with van der Waals surface area (Å²) >= 11 is 0. The molecule has 0 bridgehead atoms. The number of primary sulfonamides is 1. The minimum atomic E-state index is -3.89. The van der Waals surface area contributed by atoms with Crippen molar-refractivity contribution in [2.24, 2.45) is 5.14 Å². The van der Waals surface area contributed by atoms with Crippen LogP contribution in [0.5, 0.6) is 0 Å². The van der Waals surface area contributed by atoms with Gasteiger partial charge in [-0.05, 0) is 55.0 Å². The molecular weight excluding hydrogens is 330 g/mol. The first-order chi connectivity index (χ1) is 11.1. The second kappa shape index (κ2) is 6.81. The monoisotopic (exact) mass is 347 g/mol. The number of nitrogens with two attached hydrogens (primary N) is 1. The van der Waals surface area contributed by atoms with Crippen LogP contribution in [0.15, 0.2) is 47.4 Å². The second-order valence-electron chi connectivity index (χ2n) is 5.29. The highest BCUT2D eigenvalue weighted by Crippen LogP contribution is 2.17. The van der Waals surface area contributed by atoms with Crippen LogP contribution in [0.2, 0.25) is 0 Å². The molecule has 0 atom stereocenters. The second-order valence-corrected chi connectivity index (χ2v) is 6.85. The Bertz CT molecular complexity index is 890. The molecule has 8 heteroatoms. The third-order valence-electron chi connectivity index (χ3n) is 3.10. The molecule has 0 heterocycles. The summed E-state index contributed by atoms with van der Waals surface area (Å²) in [6.45, 7) is 3.07. The average molecular weight is 347 g/mol. The topological polar surface area (TPSA) is 118 Å². The Labute approximate surface area is 139 Å². The zero-order valence-corrected chi connectivity index (χ0v) is 14.0. The Hall–Kier alpha value is -2.71. The molecule has 0 fully saturated rings. The lowest BCUT2D eigenvalue weighted by atomic mass is 10.1. The van der Waals surface area contributed by atoms with Gasteiger partial charge in [0.25, 0.3) is 5.91 Å². The molecule has 2 aromatic rings. The molecule has 7 nitrogen and oxygen atoms in total. The molecule has 0 radical (unpaired) electrons. The molecule has 24 heavy (non-hydrogen) atoms. The molecule has 2 amide bonds. The van der Waals surface area contributed by atoms with Gasteiger partial charge in [-0.1, -0.05) is 0 Å². The lowest BCUT2D eigenvalue weighted by Gasteiger charge is -2.09. The number of aryl methyl sites for hydroxylation is 1. The Kier molecular flexibility index (Phi) is 5.01. The number of hydrogen-bond donors (Lipinski definition) is 3. The Balaban J connectivity index is 2.21. The van der Waals surface area contributed by atoms with Crippen LogP contribution in [0, 0.1) is 6.92 Å². The molecule has 0 spiro atoms. The fraction of sp³-hybridized carbons (Fsp3) is 0.125. The van der Waals surface area contributed by atoms with E-state index in [1.54, 1.807) is 37.3 Å². The van der Waals surface area contributed by atoms with Crippen LogP contribution < -0.4 is 15.8 Å². The van der Waals surface area contributed by atoms with Crippen molar-refractivity contribution in [3.63, 3.8) is 0 Å². The van der Waals surface area contributed by atoms with E-state index in [1.165, 1.54) is 19.1 Å². The van der Waals surface area contributed by atoms with E-state index in [0.717, 1.165) is 0 Å². The number of benzene rings is 2. The van der Waals surface area contributed by atoms with Crippen LogP contribution in [-0.4, -0.2) is 20.2 Å². The molecule has 0 saturated heterocycles. The lowest BCUT2D eigenvalue weighted by Crippen LogP contribution is -2.16. The van der Waals surface area contributed by atoms with Crippen LogP contribution in [0.1, 0.15) is 22.8 Å². The highest BCUT2D eigenvalue weighted by Gasteiger charge is 2.14. The molecule has 126 valence electrons. The quantitative estimate of drug-likeness (QED) is 0.782. The smallest absolute Gasteiger partial charge is 0.255 e. The van der Waals surface area contributed by atoms with Gasteiger partial charge >= 0.3 is 0 Å². The number of anilines is 2. The van der Waals surface area contributed by atoms with Gasteiger partial charge in [-0.25, -0.2) is 13.6 Å². The maximum Gasteiger partial charge on any atom is 0.255 e. The van der Waals surface area contributed by atoms with Gasteiger partial charge in [0, 0.05) is 23.9 Å². The lowest BCUT2D eigenvalue weighted by molar-refractivity contribution is -0.114. The van der Waals surface area contributed by atoms with Crippen molar-refractivity contribution >= 4 is 33.2 Å². The first-order valence-corrected chi connectivity index (χ1v) is 8.53. The van der Waals surface area contributed by atoms with Crippen molar-refractivity contribution in [2.45, 2.75) is 18.7 Å². The van der Waals surface area contributed by atoms with Crippen LogP contribution in [-0.2, 0) is 14.8 Å². The third-order valence-corrected chi connectivity index (χ3v) is 4.00. The minimum absolute atomic E-state index is 0.117. The Morgan fingerprint density at radius 3 is 2.00 bits per heavy atom. The fourth-order valence-corrected chi connectivity index (χ4v) is 2.73. The summed E-state index contributed by atoms with van der Waals surface area (Å²) in [5.74, 6) is -0.655. The molecule has 4 N–H and O–H groups in total. The number of sulfonamides is 1. The average Bonchev–Trinajstić information content (AvgIpc) is 2.47. The maximum atomic E-state index is 12.3. The number of carbonyl (C=O) groups is 2. The summed E-state index contributed by atoms with van der Waals surface area (Å²) < 4.78 is 22.9. The molecular formula is C16H17N3O4S. The summed E-state index contributed by atoms with van der Waals surface area (Å²) in [5, 5.41) is 10.4. The third kappa shape index (κ3) is 4.64. The zero-order valence-electron chi connectivity index (χ0n) is 13.2. The van der Waals surface area contributed by atoms with Crippen molar-refractivity contribution in [2.75, 3.05) is 10.6 Å². The van der Waals surface area contributed by atoms with E-state index in [2.05, 4.69) is 10.6 Å². The van der Waals surface area contributed by atoms with E-state index in [0.29, 0.717) is 16.9 Å². The number of rotatable bonds is 4. The van der Waals surface area contributed by atoms with E-state index in [9.17, 15) is 18.0 Å². The van der Waals surface area contributed by atoms with Crippen LogP contribution in [0.25, 0.3) is 0 Å². The normalized spacial score (nSPS) is 11.0. The molecule has 0 saturated carbocycles. The van der Waals surface area contributed by atoms with Gasteiger partial charge < -0.3 is 10.6 Å². The van der Waals surface area contributed by atoms with Crippen molar-refractivity contribution in [1.29, 1.82) is 0 Å². The molecule has 2 aromatic carbocycles. The van der Waals surface area contributed by atoms with E-state index >= 15 is 0 Å². The number of amides is 2. The molecule has 0 aliphatic carbocycles. The SMILES string of the molecule is CC(=O)Nc1ccc(NC(=O)c2cc(C)cc(S(N)(=O)=O)c2)cc1. The Morgan fingerprint density at radius 2 is 1.50 bits per heavy atom. The molecule has 0 aliphatic rings.